The molecule has 1 aromatic rings. The summed E-state index contributed by atoms with van der Waals surface area (Å²) < 4.78 is 5.22. The predicted molar refractivity (Wildman–Crippen MR) is 86.1 cm³/mol. The van der Waals surface area contributed by atoms with Gasteiger partial charge in [-0.3, -0.25) is 9.69 Å². The number of ether oxygens (including phenoxy) is 1. The summed E-state index contributed by atoms with van der Waals surface area (Å²) in [6, 6.07) is 8.43. The van der Waals surface area contributed by atoms with Crippen LogP contribution in [-0.4, -0.2) is 68.1 Å². The lowest BCUT2D eigenvalue weighted by Crippen LogP contribution is -2.52. The second-order valence-corrected chi connectivity index (χ2v) is 6.09. The third kappa shape index (κ3) is 3.59. The van der Waals surface area contributed by atoms with Crippen LogP contribution in [0.2, 0.25) is 0 Å². The lowest BCUT2D eigenvalue weighted by Gasteiger charge is -2.37. The highest BCUT2D eigenvalue weighted by atomic mass is 16.5. The molecule has 1 aromatic carbocycles. The highest BCUT2D eigenvalue weighted by Gasteiger charge is 2.27. The molecule has 2 heterocycles. The van der Waals surface area contributed by atoms with Gasteiger partial charge in [0.2, 0.25) is 5.91 Å². The molecule has 22 heavy (non-hydrogen) atoms. The number of nitrogens with zero attached hydrogens (tertiary/aromatic N) is 2. The van der Waals surface area contributed by atoms with Crippen molar-refractivity contribution in [2.45, 2.75) is 18.9 Å². The Bertz CT molecular complexity index is 506. The molecule has 0 bridgehead atoms. The Morgan fingerprint density at radius 3 is 2.82 bits per heavy atom. The van der Waals surface area contributed by atoms with Crippen LogP contribution in [0.1, 0.15) is 12.0 Å². The molecule has 1 atom stereocenters. The van der Waals surface area contributed by atoms with Gasteiger partial charge in [0.05, 0.1) is 13.5 Å². The molecule has 2 fully saturated rings. The summed E-state index contributed by atoms with van der Waals surface area (Å²) in [4.78, 5) is 17.0. The molecule has 0 aliphatic carbocycles. The fraction of sp³-hybridized carbons (Fsp3) is 0.588. The van der Waals surface area contributed by atoms with Gasteiger partial charge in [-0.25, -0.2) is 0 Å². The monoisotopic (exact) mass is 303 g/mol. The minimum absolute atomic E-state index is 0.220. The van der Waals surface area contributed by atoms with E-state index in [1.54, 1.807) is 7.11 Å². The first-order valence-corrected chi connectivity index (χ1v) is 8.12. The number of amides is 1. The van der Waals surface area contributed by atoms with E-state index in [4.69, 9.17) is 4.74 Å². The number of nitrogens with one attached hydrogen (secondary N) is 1. The quantitative estimate of drug-likeness (QED) is 0.891. The number of hydrogen-bond acceptors (Lipinski definition) is 4. The van der Waals surface area contributed by atoms with Gasteiger partial charge < -0.3 is 15.0 Å². The fourth-order valence-electron chi connectivity index (χ4n) is 3.36. The molecule has 0 spiro atoms. The van der Waals surface area contributed by atoms with E-state index in [9.17, 15) is 4.79 Å². The van der Waals surface area contributed by atoms with E-state index in [1.165, 1.54) is 6.42 Å². The molecule has 5 nitrogen and oxygen atoms in total. The first-order valence-electron chi connectivity index (χ1n) is 8.12. The van der Waals surface area contributed by atoms with E-state index in [1.807, 2.05) is 29.2 Å². The molecule has 120 valence electrons. The Morgan fingerprint density at radius 2 is 2.14 bits per heavy atom. The summed E-state index contributed by atoms with van der Waals surface area (Å²) in [6.45, 7) is 5.91. The Kier molecular flexibility index (Phi) is 4.95. The van der Waals surface area contributed by atoms with Crippen molar-refractivity contribution >= 4 is 5.91 Å². The van der Waals surface area contributed by atoms with Crippen molar-refractivity contribution in [3.63, 3.8) is 0 Å². The third-order valence-electron chi connectivity index (χ3n) is 4.71. The number of rotatable bonds is 4. The van der Waals surface area contributed by atoms with Gasteiger partial charge in [0, 0.05) is 38.8 Å². The van der Waals surface area contributed by atoms with Gasteiger partial charge in [-0.05, 0) is 30.7 Å². The van der Waals surface area contributed by atoms with Crippen LogP contribution in [0.3, 0.4) is 0 Å². The Labute approximate surface area is 132 Å². The minimum atomic E-state index is 0.220. The lowest BCUT2D eigenvalue weighted by molar-refractivity contribution is -0.132. The topological polar surface area (TPSA) is 44.8 Å². The molecule has 0 aromatic heterocycles. The largest absolute Gasteiger partial charge is 0.497 e. The first kappa shape index (κ1) is 15.3. The van der Waals surface area contributed by atoms with Gasteiger partial charge in [0.1, 0.15) is 5.75 Å². The van der Waals surface area contributed by atoms with E-state index in [0.717, 1.165) is 50.6 Å². The number of hydrogen-bond donors (Lipinski definition) is 1. The van der Waals surface area contributed by atoms with Crippen LogP contribution < -0.4 is 10.1 Å². The van der Waals surface area contributed by atoms with Crippen molar-refractivity contribution in [1.29, 1.82) is 0 Å². The number of carbonyl (C=O) groups is 1. The van der Waals surface area contributed by atoms with Crippen molar-refractivity contribution in [2.24, 2.45) is 0 Å². The van der Waals surface area contributed by atoms with Crippen molar-refractivity contribution in [3.8, 4) is 5.75 Å². The SMILES string of the molecule is COc1cccc(CC(=O)N2CCN(C3CCNC3)CC2)c1. The molecule has 5 heteroatoms. The van der Waals surface area contributed by atoms with Crippen molar-refractivity contribution in [2.75, 3.05) is 46.4 Å². The molecular formula is C17H25N3O2. The maximum atomic E-state index is 12.4. The molecule has 1 amide bonds. The highest BCUT2D eigenvalue weighted by Crippen LogP contribution is 2.16. The molecule has 0 saturated carbocycles. The fourth-order valence-corrected chi connectivity index (χ4v) is 3.36. The summed E-state index contributed by atoms with van der Waals surface area (Å²) in [7, 11) is 1.65. The van der Waals surface area contributed by atoms with Gasteiger partial charge in [-0.2, -0.15) is 0 Å². The second-order valence-electron chi connectivity index (χ2n) is 6.09. The molecule has 1 N–H and O–H groups in total. The van der Waals surface area contributed by atoms with E-state index < -0.39 is 0 Å². The lowest BCUT2D eigenvalue weighted by atomic mass is 10.1. The average Bonchev–Trinajstić information content (AvgIpc) is 3.09. The van der Waals surface area contributed by atoms with Crippen LogP contribution in [-0.2, 0) is 11.2 Å². The first-order chi connectivity index (χ1) is 10.8. The number of piperazine rings is 1. The standard InChI is InChI=1S/C17H25N3O2/c1-22-16-4-2-3-14(11-16)12-17(21)20-9-7-19(8-10-20)15-5-6-18-13-15/h2-4,11,15,18H,5-10,12-13H2,1H3. The molecule has 1 unspecified atom stereocenters. The third-order valence-corrected chi connectivity index (χ3v) is 4.71. The van der Waals surface area contributed by atoms with E-state index >= 15 is 0 Å². The normalized spacial score (nSPS) is 22.8. The van der Waals surface area contributed by atoms with Crippen molar-refractivity contribution in [1.82, 2.24) is 15.1 Å². The summed E-state index contributed by atoms with van der Waals surface area (Å²) in [5.74, 6) is 1.03. The van der Waals surface area contributed by atoms with Crippen molar-refractivity contribution < 1.29 is 9.53 Å². The molecule has 3 rings (SSSR count). The highest BCUT2D eigenvalue weighted by molar-refractivity contribution is 5.79. The zero-order chi connectivity index (χ0) is 15.4. The average molecular weight is 303 g/mol. The zero-order valence-corrected chi connectivity index (χ0v) is 13.3. The molecular weight excluding hydrogens is 278 g/mol. The van der Waals surface area contributed by atoms with Gasteiger partial charge in [-0.1, -0.05) is 12.1 Å². The number of methoxy groups -OCH3 is 1. The summed E-state index contributed by atoms with van der Waals surface area (Å²) in [5, 5.41) is 3.41. The Morgan fingerprint density at radius 1 is 1.32 bits per heavy atom. The smallest absolute Gasteiger partial charge is 0.227 e. The molecule has 2 saturated heterocycles. The number of carbonyl (C=O) groups excluding carboxylic acids is 1. The molecule has 0 radical (unpaired) electrons. The van der Waals surface area contributed by atoms with Crippen LogP contribution in [0.4, 0.5) is 0 Å². The summed E-state index contributed by atoms with van der Waals surface area (Å²) in [6.07, 6.45) is 1.69. The van der Waals surface area contributed by atoms with Crippen LogP contribution in [0.15, 0.2) is 24.3 Å². The number of benzene rings is 1. The Hall–Kier alpha value is -1.59. The van der Waals surface area contributed by atoms with E-state index in [2.05, 4.69) is 10.2 Å². The maximum Gasteiger partial charge on any atom is 0.227 e. The minimum Gasteiger partial charge on any atom is -0.497 e. The van der Waals surface area contributed by atoms with E-state index in [0.29, 0.717) is 12.5 Å². The van der Waals surface area contributed by atoms with E-state index in [-0.39, 0.29) is 5.91 Å². The van der Waals surface area contributed by atoms with Crippen molar-refractivity contribution in [3.05, 3.63) is 29.8 Å². The van der Waals surface area contributed by atoms with Gasteiger partial charge in [0.15, 0.2) is 0 Å². The van der Waals surface area contributed by atoms with Gasteiger partial charge in [0.25, 0.3) is 0 Å². The maximum absolute atomic E-state index is 12.4. The molecule has 2 aliphatic heterocycles. The van der Waals surface area contributed by atoms with Crippen LogP contribution in [0.5, 0.6) is 5.75 Å². The van der Waals surface area contributed by atoms with Crippen LogP contribution in [0.25, 0.3) is 0 Å². The van der Waals surface area contributed by atoms with Gasteiger partial charge in [-0.15, -0.1) is 0 Å². The van der Waals surface area contributed by atoms with Crippen LogP contribution >= 0.6 is 0 Å². The summed E-state index contributed by atoms with van der Waals surface area (Å²) in [5.41, 5.74) is 1.02. The zero-order valence-electron chi connectivity index (χ0n) is 13.3. The Balaban J connectivity index is 1.51. The van der Waals surface area contributed by atoms with Crippen LogP contribution in [0, 0.1) is 0 Å². The summed E-state index contributed by atoms with van der Waals surface area (Å²) >= 11 is 0. The second kappa shape index (κ2) is 7.11. The molecule has 2 aliphatic rings. The van der Waals surface area contributed by atoms with Gasteiger partial charge >= 0.3 is 0 Å². The predicted octanol–water partition coefficient (Wildman–Crippen LogP) is 0.744.